The molecule has 4 nitrogen and oxygen atoms in total. The quantitative estimate of drug-likeness (QED) is 0.414. The molecule has 124 valence electrons. The summed E-state index contributed by atoms with van der Waals surface area (Å²) in [5, 5.41) is 10.8. The smallest absolute Gasteiger partial charge is 0.282 e. The number of hydrogen-bond acceptors (Lipinski definition) is 4. The van der Waals surface area contributed by atoms with Crippen LogP contribution in [0.4, 0.5) is 0 Å². The highest BCUT2D eigenvalue weighted by molar-refractivity contribution is 5.92. The second-order valence-corrected chi connectivity index (χ2v) is 5.99. The van der Waals surface area contributed by atoms with Crippen LogP contribution in [0.15, 0.2) is 72.8 Å². The average molecular weight is 338 g/mol. The van der Waals surface area contributed by atoms with Gasteiger partial charge in [-0.3, -0.25) is 0 Å². The molecule has 3 aromatic carbocycles. The Morgan fingerprint density at radius 3 is 2.35 bits per heavy atom. The second-order valence-electron chi connectivity index (χ2n) is 5.99. The van der Waals surface area contributed by atoms with Crippen LogP contribution in [-0.2, 0) is 0 Å². The molecule has 0 bridgehead atoms. The zero-order chi connectivity index (χ0) is 17.3. The Bertz CT molecular complexity index is 1150. The molecule has 4 heteroatoms. The molecule has 0 radical (unpaired) electrons. The van der Waals surface area contributed by atoms with Gasteiger partial charge < -0.3 is 9.47 Å². The van der Waals surface area contributed by atoms with Crippen molar-refractivity contribution in [2.45, 2.75) is 0 Å². The van der Waals surface area contributed by atoms with Gasteiger partial charge in [0.25, 0.3) is 5.88 Å². The van der Waals surface area contributed by atoms with Crippen LogP contribution in [0.2, 0.25) is 0 Å². The van der Waals surface area contributed by atoms with Crippen molar-refractivity contribution in [1.82, 2.24) is 10.2 Å². The molecule has 0 unspecified atom stereocenters. The number of aromatic nitrogens is 2. The molecule has 1 aliphatic heterocycles. The van der Waals surface area contributed by atoms with Gasteiger partial charge in [0.2, 0.25) is 0 Å². The number of hydrogen-bond donors (Lipinski definition) is 0. The average Bonchev–Trinajstić information content (AvgIpc) is 2.70. The summed E-state index contributed by atoms with van der Waals surface area (Å²) in [6, 6.07) is 23.9. The lowest BCUT2D eigenvalue weighted by atomic mass is 10.0. The molecule has 5 rings (SSSR count). The number of ether oxygens (including phenoxy) is 2. The van der Waals surface area contributed by atoms with E-state index in [0.29, 0.717) is 28.8 Å². The number of rotatable bonds is 2. The van der Waals surface area contributed by atoms with E-state index in [1.54, 1.807) is 0 Å². The fourth-order valence-corrected chi connectivity index (χ4v) is 3.01. The van der Waals surface area contributed by atoms with Crippen LogP contribution >= 0.6 is 0 Å². The summed E-state index contributed by atoms with van der Waals surface area (Å²) < 4.78 is 11.6. The van der Waals surface area contributed by atoms with Crippen LogP contribution in [0.25, 0.3) is 22.9 Å². The zero-order valence-corrected chi connectivity index (χ0v) is 13.8. The summed E-state index contributed by atoms with van der Waals surface area (Å²) in [7, 11) is 0. The third-order valence-corrected chi connectivity index (χ3v) is 4.28. The van der Waals surface area contributed by atoms with E-state index in [1.165, 1.54) is 10.8 Å². The molecule has 0 saturated carbocycles. The third kappa shape index (κ3) is 2.58. The molecule has 0 atom stereocenters. The fourth-order valence-electron chi connectivity index (χ4n) is 3.01. The maximum absolute atomic E-state index is 5.88. The summed E-state index contributed by atoms with van der Waals surface area (Å²) >= 11 is 0. The van der Waals surface area contributed by atoms with Gasteiger partial charge in [-0.05, 0) is 34.5 Å². The van der Waals surface area contributed by atoms with Crippen molar-refractivity contribution in [3.63, 3.8) is 0 Å². The van der Waals surface area contributed by atoms with Crippen LogP contribution in [0.3, 0.4) is 0 Å². The maximum Gasteiger partial charge on any atom is 0.282 e. The fraction of sp³-hybridized carbons (Fsp3) is 0. The molecule has 4 aromatic rings. The molecule has 1 aliphatic rings. The van der Waals surface area contributed by atoms with Gasteiger partial charge in [-0.25, -0.2) is 0 Å². The maximum atomic E-state index is 5.88. The minimum Gasteiger partial charge on any atom is -0.448 e. The van der Waals surface area contributed by atoms with Crippen molar-refractivity contribution >= 4 is 22.9 Å². The van der Waals surface area contributed by atoms with Crippen LogP contribution < -0.4 is 9.47 Å². The topological polar surface area (TPSA) is 44.2 Å². The van der Waals surface area contributed by atoms with E-state index in [2.05, 4.69) is 40.5 Å². The largest absolute Gasteiger partial charge is 0.448 e. The lowest BCUT2D eigenvalue weighted by Crippen LogP contribution is -2.02. The van der Waals surface area contributed by atoms with E-state index >= 15 is 0 Å². The van der Waals surface area contributed by atoms with Crippen LogP contribution in [0.5, 0.6) is 23.1 Å². The van der Waals surface area contributed by atoms with E-state index in [0.717, 1.165) is 5.56 Å². The molecule has 1 aromatic heterocycles. The van der Waals surface area contributed by atoms with E-state index in [-0.39, 0.29) is 0 Å². The van der Waals surface area contributed by atoms with Crippen molar-refractivity contribution in [1.29, 1.82) is 0 Å². The molecular formula is C22H14N2O2. The number of benzene rings is 3. The van der Waals surface area contributed by atoms with Crippen molar-refractivity contribution < 1.29 is 9.47 Å². The van der Waals surface area contributed by atoms with E-state index in [9.17, 15) is 0 Å². The first-order valence-corrected chi connectivity index (χ1v) is 8.35. The molecule has 0 saturated heterocycles. The first-order chi connectivity index (χ1) is 12.9. The molecule has 0 aliphatic carbocycles. The van der Waals surface area contributed by atoms with E-state index in [4.69, 9.17) is 9.47 Å². The Morgan fingerprint density at radius 2 is 1.42 bits per heavy atom. The molecule has 26 heavy (non-hydrogen) atoms. The Balaban J connectivity index is 1.48. The zero-order valence-electron chi connectivity index (χ0n) is 13.8. The van der Waals surface area contributed by atoms with Gasteiger partial charge in [-0.15, -0.1) is 10.2 Å². The highest BCUT2D eigenvalue weighted by Crippen LogP contribution is 2.43. The van der Waals surface area contributed by atoms with E-state index < -0.39 is 0 Å². The molecule has 0 N–H and O–H groups in total. The van der Waals surface area contributed by atoms with Crippen LogP contribution in [-0.4, -0.2) is 10.2 Å². The van der Waals surface area contributed by atoms with Crippen LogP contribution in [0, 0.1) is 0 Å². The molecule has 0 fully saturated rings. The summed E-state index contributed by atoms with van der Waals surface area (Å²) in [6.07, 6.45) is 3.97. The molecule has 0 amide bonds. The highest BCUT2D eigenvalue weighted by Gasteiger charge is 2.20. The normalized spacial score (nSPS) is 12.3. The van der Waals surface area contributed by atoms with Crippen LogP contribution in [0.1, 0.15) is 11.3 Å². The first kappa shape index (κ1) is 14.7. The van der Waals surface area contributed by atoms with Gasteiger partial charge in [0, 0.05) is 6.07 Å². The minimum atomic E-state index is 0.381. The van der Waals surface area contributed by atoms with E-state index in [1.807, 2.05) is 54.6 Å². The highest BCUT2D eigenvalue weighted by atomic mass is 16.6. The number of para-hydroxylation sites is 2. The van der Waals surface area contributed by atoms with Crippen molar-refractivity contribution in [2.75, 3.05) is 0 Å². The van der Waals surface area contributed by atoms with Gasteiger partial charge in [0.1, 0.15) is 0 Å². The van der Waals surface area contributed by atoms with Gasteiger partial charge in [-0.2, -0.15) is 0 Å². The summed E-state index contributed by atoms with van der Waals surface area (Å²) in [5.41, 5.74) is 1.84. The first-order valence-electron chi connectivity index (χ1n) is 8.35. The van der Waals surface area contributed by atoms with Crippen molar-refractivity contribution in [3.8, 4) is 23.1 Å². The van der Waals surface area contributed by atoms with Gasteiger partial charge in [0.05, 0.1) is 5.69 Å². The van der Waals surface area contributed by atoms with Gasteiger partial charge in [-0.1, -0.05) is 60.7 Å². The predicted octanol–water partition coefficient (Wildman–Crippen LogP) is 5.70. The molecule has 2 heterocycles. The summed E-state index contributed by atoms with van der Waals surface area (Å²) in [6.45, 7) is 0. The Labute approximate surface area is 150 Å². The van der Waals surface area contributed by atoms with Gasteiger partial charge >= 0.3 is 0 Å². The standard InChI is InChI=1S/C22H14N2O2/c1-2-9-18-15(6-1)7-5-8-16(18)12-13-17-14-21-22(24-23-17)26-20-11-4-3-10-19(20)25-21/h1-14H. The summed E-state index contributed by atoms with van der Waals surface area (Å²) in [4.78, 5) is 0. The molecule has 0 spiro atoms. The Morgan fingerprint density at radius 1 is 0.654 bits per heavy atom. The van der Waals surface area contributed by atoms with Crippen molar-refractivity contribution in [3.05, 3.63) is 84.1 Å². The molecular weight excluding hydrogens is 324 g/mol. The number of fused-ring (bicyclic) bond motifs is 3. The van der Waals surface area contributed by atoms with Crippen molar-refractivity contribution in [2.24, 2.45) is 0 Å². The SMILES string of the molecule is C(=Cc1cccc2ccccc12)c1cc2c(nn1)Oc1ccccc1O2. The summed E-state index contributed by atoms with van der Waals surface area (Å²) in [5.74, 6) is 2.27. The lowest BCUT2D eigenvalue weighted by molar-refractivity contribution is 0.343. The third-order valence-electron chi connectivity index (χ3n) is 4.28. The predicted molar refractivity (Wildman–Crippen MR) is 101 cm³/mol. The Hall–Kier alpha value is -3.66. The minimum absolute atomic E-state index is 0.381. The van der Waals surface area contributed by atoms with Gasteiger partial charge in [0.15, 0.2) is 17.2 Å². The lowest BCUT2D eigenvalue weighted by Gasteiger charge is -2.18. The second kappa shape index (κ2) is 6.01. The monoisotopic (exact) mass is 338 g/mol. The number of nitrogens with zero attached hydrogens (tertiary/aromatic N) is 2. The Kier molecular flexibility index (Phi) is 3.39.